The lowest BCUT2D eigenvalue weighted by Gasteiger charge is -2.07. The second-order valence-electron chi connectivity index (χ2n) is 4.57. The number of hydrogen-bond donors (Lipinski definition) is 1. The van der Waals surface area contributed by atoms with Gasteiger partial charge in [-0.15, -0.1) is 11.8 Å². The summed E-state index contributed by atoms with van der Waals surface area (Å²) >= 11 is 5.52. The molecule has 1 N–H and O–H groups in total. The number of halogens is 1. The summed E-state index contributed by atoms with van der Waals surface area (Å²) in [6.45, 7) is 3.04. The monoisotopic (exact) mass is 335 g/mol. The van der Waals surface area contributed by atoms with Crippen LogP contribution in [-0.4, -0.2) is 7.05 Å². The first kappa shape index (κ1) is 14.6. The first-order valence-electron chi connectivity index (χ1n) is 6.30. The van der Waals surface area contributed by atoms with E-state index >= 15 is 0 Å². The van der Waals surface area contributed by atoms with E-state index in [1.807, 2.05) is 18.8 Å². The van der Waals surface area contributed by atoms with Crippen LogP contribution in [0.5, 0.6) is 0 Å². The van der Waals surface area contributed by atoms with Crippen LogP contribution in [0.1, 0.15) is 16.7 Å². The Hall–Kier alpha value is -0.770. The minimum absolute atomic E-state index is 0.904. The Morgan fingerprint density at radius 3 is 2.63 bits per heavy atom. The number of benzene rings is 2. The van der Waals surface area contributed by atoms with Crippen LogP contribution < -0.4 is 5.32 Å². The van der Waals surface area contributed by atoms with Crippen LogP contribution in [0.25, 0.3) is 0 Å². The van der Waals surface area contributed by atoms with Gasteiger partial charge < -0.3 is 5.32 Å². The van der Waals surface area contributed by atoms with Gasteiger partial charge in [0, 0.05) is 21.7 Å². The van der Waals surface area contributed by atoms with Gasteiger partial charge in [0.25, 0.3) is 0 Å². The number of aryl methyl sites for hydroxylation is 1. The molecule has 0 fully saturated rings. The lowest BCUT2D eigenvalue weighted by atomic mass is 10.2. The highest BCUT2D eigenvalue weighted by Crippen LogP contribution is 2.31. The molecule has 0 aliphatic heterocycles. The van der Waals surface area contributed by atoms with Crippen molar-refractivity contribution in [3.8, 4) is 0 Å². The molecular weight excluding hydrogens is 318 g/mol. The van der Waals surface area contributed by atoms with E-state index in [1.165, 1.54) is 26.1 Å². The second kappa shape index (κ2) is 7.13. The molecule has 0 spiro atoms. The van der Waals surface area contributed by atoms with Gasteiger partial charge in [-0.2, -0.15) is 0 Å². The van der Waals surface area contributed by atoms with Crippen LogP contribution in [0.4, 0.5) is 0 Å². The number of nitrogens with one attached hydrogen (secondary N) is 1. The maximum Gasteiger partial charge on any atom is 0.0314 e. The van der Waals surface area contributed by atoms with Crippen molar-refractivity contribution < 1.29 is 0 Å². The van der Waals surface area contributed by atoms with Gasteiger partial charge in [-0.1, -0.05) is 35.9 Å². The highest BCUT2D eigenvalue weighted by Gasteiger charge is 2.03. The zero-order valence-corrected chi connectivity index (χ0v) is 13.6. The van der Waals surface area contributed by atoms with E-state index in [9.17, 15) is 0 Å². The molecule has 0 aliphatic rings. The van der Waals surface area contributed by atoms with Gasteiger partial charge in [0.15, 0.2) is 0 Å². The molecule has 3 heteroatoms. The van der Waals surface area contributed by atoms with Crippen LogP contribution >= 0.6 is 27.7 Å². The van der Waals surface area contributed by atoms with Crippen molar-refractivity contribution in [3.63, 3.8) is 0 Å². The number of hydrogen-bond acceptors (Lipinski definition) is 2. The Balaban J connectivity index is 2.03. The van der Waals surface area contributed by atoms with Gasteiger partial charge in [-0.3, -0.25) is 0 Å². The highest BCUT2D eigenvalue weighted by molar-refractivity contribution is 9.10. The van der Waals surface area contributed by atoms with E-state index in [2.05, 4.69) is 70.6 Å². The Kier molecular flexibility index (Phi) is 5.49. The number of thioether (sulfide) groups is 1. The summed E-state index contributed by atoms with van der Waals surface area (Å²) in [6.07, 6.45) is 0. The summed E-state index contributed by atoms with van der Waals surface area (Å²) in [6, 6.07) is 15.2. The van der Waals surface area contributed by atoms with Crippen molar-refractivity contribution in [3.05, 3.63) is 63.6 Å². The van der Waals surface area contributed by atoms with Crippen LogP contribution in [0, 0.1) is 6.92 Å². The number of rotatable bonds is 5. The minimum atomic E-state index is 0.904. The molecule has 19 heavy (non-hydrogen) atoms. The highest BCUT2D eigenvalue weighted by atomic mass is 79.9. The standard InChI is InChI=1S/C16H18BrNS/c1-12-4-3-5-14(8-12)11-19-16-7-6-13(10-18-2)9-15(16)17/h3-9,18H,10-11H2,1-2H3. The first-order valence-corrected chi connectivity index (χ1v) is 8.08. The molecule has 0 saturated heterocycles. The SMILES string of the molecule is CNCc1ccc(SCc2cccc(C)c2)c(Br)c1. The van der Waals surface area contributed by atoms with Crippen molar-refractivity contribution in [1.82, 2.24) is 5.32 Å². The summed E-state index contributed by atoms with van der Waals surface area (Å²) in [5.74, 6) is 1.01. The van der Waals surface area contributed by atoms with E-state index in [0.717, 1.165) is 12.3 Å². The largest absolute Gasteiger partial charge is 0.316 e. The molecule has 0 radical (unpaired) electrons. The zero-order valence-electron chi connectivity index (χ0n) is 11.2. The van der Waals surface area contributed by atoms with Crippen molar-refractivity contribution >= 4 is 27.7 Å². The van der Waals surface area contributed by atoms with Crippen LogP contribution in [-0.2, 0) is 12.3 Å². The lowest BCUT2D eigenvalue weighted by Crippen LogP contribution is -2.04. The van der Waals surface area contributed by atoms with E-state index in [1.54, 1.807) is 0 Å². The van der Waals surface area contributed by atoms with Crippen molar-refractivity contribution in [2.24, 2.45) is 0 Å². The molecule has 0 unspecified atom stereocenters. The Morgan fingerprint density at radius 2 is 1.95 bits per heavy atom. The van der Waals surface area contributed by atoms with E-state index in [-0.39, 0.29) is 0 Å². The van der Waals surface area contributed by atoms with Gasteiger partial charge in [-0.25, -0.2) is 0 Å². The Bertz CT molecular complexity index is 554. The Labute approximate surface area is 127 Å². The van der Waals surface area contributed by atoms with E-state index in [4.69, 9.17) is 0 Å². The normalized spacial score (nSPS) is 10.7. The van der Waals surface area contributed by atoms with Crippen LogP contribution in [0.2, 0.25) is 0 Å². The third-order valence-electron chi connectivity index (χ3n) is 2.85. The second-order valence-corrected chi connectivity index (χ2v) is 6.44. The molecule has 0 saturated carbocycles. The van der Waals surface area contributed by atoms with Crippen LogP contribution in [0.3, 0.4) is 0 Å². The van der Waals surface area contributed by atoms with Gasteiger partial charge in [0.1, 0.15) is 0 Å². The van der Waals surface area contributed by atoms with Crippen molar-refractivity contribution in [1.29, 1.82) is 0 Å². The molecule has 0 atom stereocenters. The molecule has 1 nitrogen and oxygen atoms in total. The quantitative estimate of drug-likeness (QED) is 0.790. The average Bonchev–Trinajstić information content (AvgIpc) is 2.38. The molecule has 0 heterocycles. The van der Waals surface area contributed by atoms with E-state index in [0.29, 0.717) is 0 Å². The summed E-state index contributed by atoms with van der Waals surface area (Å²) in [7, 11) is 1.97. The van der Waals surface area contributed by atoms with Crippen LogP contribution in [0.15, 0.2) is 51.8 Å². The van der Waals surface area contributed by atoms with Gasteiger partial charge >= 0.3 is 0 Å². The molecule has 0 aromatic heterocycles. The summed E-state index contributed by atoms with van der Waals surface area (Å²) in [4.78, 5) is 1.29. The van der Waals surface area contributed by atoms with E-state index < -0.39 is 0 Å². The fourth-order valence-electron chi connectivity index (χ4n) is 1.94. The maximum atomic E-state index is 3.66. The summed E-state index contributed by atoms with van der Waals surface area (Å²) in [5.41, 5.74) is 3.99. The zero-order chi connectivity index (χ0) is 13.7. The van der Waals surface area contributed by atoms with Crippen molar-refractivity contribution in [2.45, 2.75) is 24.1 Å². The molecule has 2 aromatic carbocycles. The molecule has 0 aliphatic carbocycles. The molecule has 100 valence electrons. The third kappa shape index (κ3) is 4.37. The molecule has 0 amide bonds. The van der Waals surface area contributed by atoms with Crippen molar-refractivity contribution in [2.75, 3.05) is 7.05 Å². The topological polar surface area (TPSA) is 12.0 Å². The molecule has 2 aromatic rings. The maximum absolute atomic E-state index is 3.66. The van der Waals surface area contributed by atoms with Gasteiger partial charge in [0.05, 0.1) is 0 Å². The predicted octanol–water partition coefficient (Wildman–Crippen LogP) is 4.77. The smallest absolute Gasteiger partial charge is 0.0314 e. The first-order chi connectivity index (χ1) is 9.19. The fourth-order valence-corrected chi connectivity index (χ4v) is 3.57. The predicted molar refractivity (Wildman–Crippen MR) is 87.6 cm³/mol. The van der Waals surface area contributed by atoms with Gasteiger partial charge in [0.2, 0.25) is 0 Å². The molecule has 2 rings (SSSR count). The average molecular weight is 336 g/mol. The minimum Gasteiger partial charge on any atom is -0.316 e. The molecule has 0 bridgehead atoms. The Morgan fingerprint density at radius 1 is 1.11 bits per heavy atom. The van der Waals surface area contributed by atoms with Gasteiger partial charge in [-0.05, 0) is 53.2 Å². The molecular formula is C16H18BrNS. The third-order valence-corrected chi connectivity index (χ3v) is 4.92. The summed E-state index contributed by atoms with van der Waals surface area (Å²) < 4.78 is 1.18. The fraction of sp³-hybridized carbons (Fsp3) is 0.250. The summed E-state index contributed by atoms with van der Waals surface area (Å²) in [5, 5.41) is 3.17. The lowest BCUT2D eigenvalue weighted by molar-refractivity contribution is 0.816.